The van der Waals surface area contributed by atoms with Crippen LogP contribution in [0.1, 0.15) is 21.5 Å². The second-order valence-electron chi connectivity index (χ2n) is 5.41. The average molecular weight is 326 g/mol. The molecule has 3 rings (SSSR count). The molecule has 0 bridgehead atoms. The van der Waals surface area contributed by atoms with Crippen LogP contribution in [0.2, 0.25) is 0 Å². The van der Waals surface area contributed by atoms with Crippen LogP contribution in [0.25, 0.3) is 0 Å². The van der Waals surface area contributed by atoms with Crippen LogP contribution in [-0.2, 0) is 17.8 Å². The third-order valence-electron chi connectivity index (χ3n) is 3.85. The van der Waals surface area contributed by atoms with E-state index in [1.165, 1.54) is 10.5 Å². The number of nitrogens with one attached hydrogen (secondary N) is 2. The third-order valence-corrected chi connectivity index (χ3v) is 5.17. The Hall–Kier alpha value is -2.27. The van der Waals surface area contributed by atoms with E-state index in [2.05, 4.69) is 22.8 Å². The summed E-state index contributed by atoms with van der Waals surface area (Å²) in [5.74, 6) is -0.0534. The van der Waals surface area contributed by atoms with E-state index in [9.17, 15) is 9.59 Å². The van der Waals surface area contributed by atoms with E-state index in [-0.39, 0.29) is 17.1 Å². The van der Waals surface area contributed by atoms with E-state index >= 15 is 0 Å². The SMILES string of the molecule is CNC(=O)c1ccc(CNC(=O)C2Cc3ccccc3S2)cc1. The van der Waals surface area contributed by atoms with Gasteiger partial charge in [-0.3, -0.25) is 9.59 Å². The predicted octanol–water partition coefficient (Wildman–Crippen LogP) is 2.38. The fourth-order valence-corrected chi connectivity index (χ4v) is 3.77. The quantitative estimate of drug-likeness (QED) is 0.907. The number of benzene rings is 2. The third kappa shape index (κ3) is 3.56. The van der Waals surface area contributed by atoms with Gasteiger partial charge in [-0.1, -0.05) is 30.3 Å². The molecule has 1 atom stereocenters. The Bertz CT molecular complexity index is 703. The van der Waals surface area contributed by atoms with Crippen LogP contribution in [0.4, 0.5) is 0 Å². The minimum absolute atomic E-state index is 0.0570. The zero-order chi connectivity index (χ0) is 16.2. The van der Waals surface area contributed by atoms with Crippen molar-refractivity contribution in [3.05, 3.63) is 65.2 Å². The number of rotatable bonds is 4. The molecule has 0 saturated heterocycles. The number of carbonyl (C=O) groups excluding carboxylic acids is 2. The molecule has 2 aromatic rings. The Morgan fingerprint density at radius 2 is 1.87 bits per heavy atom. The van der Waals surface area contributed by atoms with Crippen LogP contribution in [-0.4, -0.2) is 24.1 Å². The van der Waals surface area contributed by atoms with E-state index in [1.54, 1.807) is 30.9 Å². The van der Waals surface area contributed by atoms with Crippen LogP contribution in [0.15, 0.2) is 53.4 Å². The van der Waals surface area contributed by atoms with Gasteiger partial charge in [0.25, 0.3) is 5.91 Å². The molecule has 1 aliphatic rings. The first-order valence-corrected chi connectivity index (χ1v) is 8.38. The Kier molecular flexibility index (Phi) is 4.67. The maximum absolute atomic E-state index is 12.3. The summed E-state index contributed by atoms with van der Waals surface area (Å²) in [6.45, 7) is 0.472. The maximum Gasteiger partial charge on any atom is 0.251 e. The number of carbonyl (C=O) groups is 2. The molecule has 5 heteroatoms. The molecule has 0 spiro atoms. The highest BCUT2D eigenvalue weighted by Gasteiger charge is 2.27. The summed E-state index contributed by atoms with van der Waals surface area (Å²) < 4.78 is 0. The van der Waals surface area contributed by atoms with E-state index < -0.39 is 0 Å². The van der Waals surface area contributed by atoms with Crippen LogP contribution in [0.3, 0.4) is 0 Å². The van der Waals surface area contributed by atoms with Gasteiger partial charge in [0, 0.05) is 24.1 Å². The summed E-state index contributed by atoms with van der Waals surface area (Å²) in [5.41, 5.74) is 2.84. The zero-order valence-corrected chi connectivity index (χ0v) is 13.7. The standard InChI is InChI=1S/C18H18N2O2S/c1-19-17(21)13-8-6-12(7-9-13)11-20-18(22)16-10-14-4-2-3-5-15(14)23-16/h2-9,16H,10-11H2,1H3,(H,19,21)(H,20,22). The lowest BCUT2D eigenvalue weighted by atomic mass is 10.1. The lowest BCUT2D eigenvalue weighted by molar-refractivity contribution is -0.120. The maximum atomic E-state index is 12.3. The molecule has 2 N–H and O–H groups in total. The molecule has 4 nitrogen and oxygen atoms in total. The predicted molar refractivity (Wildman–Crippen MR) is 91.5 cm³/mol. The fraction of sp³-hybridized carbons (Fsp3) is 0.222. The monoisotopic (exact) mass is 326 g/mol. The van der Waals surface area contributed by atoms with Crippen LogP contribution >= 0.6 is 11.8 Å². The highest BCUT2D eigenvalue weighted by atomic mass is 32.2. The second kappa shape index (κ2) is 6.87. The number of thioether (sulfide) groups is 1. The van der Waals surface area contributed by atoms with Gasteiger partial charge in [-0.15, -0.1) is 11.8 Å². The van der Waals surface area contributed by atoms with Crippen LogP contribution in [0, 0.1) is 0 Å². The lowest BCUT2D eigenvalue weighted by Crippen LogP contribution is -2.32. The summed E-state index contributed by atoms with van der Waals surface area (Å²) in [6.07, 6.45) is 0.780. The zero-order valence-electron chi connectivity index (χ0n) is 12.8. The van der Waals surface area contributed by atoms with Crippen molar-refractivity contribution in [2.75, 3.05) is 7.05 Å². The second-order valence-corrected chi connectivity index (χ2v) is 6.66. The molecule has 2 amide bonds. The molecule has 1 heterocycles. The molecular weight excluding hydrogens is 308 g/mol. The van der Waals surface area contributed by atoms with Crippen LogP contribution in [0.5, 0.6) is 0 Å². The Morgan fingerprint density at radius 1 is 1.13 bits per heavy atom. The smallest absolute Gasteiger partial charge is 0.251 e. The molecule has 118 valence electrons. The first kappa shape index (κ1) is 15.6. The lowest BCUT2D eigenvalue weighted by Gasteiger charge is -2.10. The van der Waals surface area contributed by atoms with E-state index in [4.69, 9.17) is 0 Å². The number of hydrogen-bond donors (Lipinski definition) is 2. The Labute approximate surface area is 139 Å². The van der Waals surface area contributed by atoms with Gasteiger partial charge in [-0.05, 0) is 35.7 Å². The molecule has 0 saturated carbocycles. The average Bonchev–Trinajstić information content (AvgIpc) is 3.03. The van der Waals surface area contributed by atoms with Crippen molar-refractivity contribution in [1.29, 1.82) is 0 Å². The minimum atomic E-state index is -0.110. The largest absolute Gasteiger partial charge is 0.355 e. The van der Waals surface area contributed by atoms with Gasteiger partial charge >= 0.3 is 0 Å². The van der Waals surface area contributed by atoms with Crippen molar-refractivity contribution in [2.45, 2.75) is 23.1 Å². The van der Waals surface area contributed by atoms with Crippen LogP contribution < -0.4 is 10.6 Å². The van der Waals surface area contributed by atoms with Gasteiger partial charge < -0.3 is 10.6 Å². The molecule has 0 aromatic heterocycles. The fourth-order valence-electron chi connectivity index (χ4n) is 2.55. The summed E-state index contributed by atoms with van der Waals surface area (Å²) in [6, 6.07) is 15.4. The molecule has 0 radical (unpaired) electrons. The topological polar surface area (TPSA) is 58.2 Å². The summed E-state index contributed by atoms with van der Waals surface area (Å²) in [5, 5.41) is 5.51. The van der Waals surface area contributed by atoms with Gasteiger partial charge in [-0.2, -0.15) is 0 Å². The van der Waals surface area contributed by atoms with E-state index in [1.807, 2.05) is 24.3 Å². The van der Waals surface area contributed by atoms with E-state index in [0.29, 0.717) is 12.1 Å². The Balaban J connectivity index is 1.55. The molecule has 2 aromatic carbocycles. The van der Waals surface area contributed by atoms with Crippen molar-refractivity contribution in [1.82, 2.24) is 10.6 Å². The minimum Gasteiger partial charge on any atom is -0.355 e. The summed E-state index contributed by atoms with van der Waals surface area (Å²) in [4.78, 5) is 25.0. The molecule has 23 heavy (non-hydrogen) atoms. The summed E-state index contributed by atoms with van der Waals surface area (Å²) >= 11 is 1.62. The number of fused-ring (bicyclic) bond motifs is 1. The first-order chi connectivity index (χ1) is 11.2. The molecule has 1 aliphatic heterocycles. The molecule has 0 fully saturated rings. The number of amides is 2. The van der Waals surface area contributed by atoms with Gasteiger partial charge in [0.05, 0.1) is 5.25 Å². The Morgan fingerprint density at radius 3 is 2.57 bits per heavy atom. The van der Waals surface area contributed by atoms with Crippen molar-refractivity contribution < 1.29 is 9.59 Å². The van der Waals surface area contributed by atoms with Crippen molar-refractivity contribution >= 4 is 23.6 Å². The highest BCUT2D eigenvalue weighted by Crippen LogP contribution is 2.36. The number of hydrogen-bond acceptors (Lipinski definition) is 3. The van der Waals surface area contributed by atoms with E-state index in [0.717, 1.165) is 12.0 Å². The molecule has 1 unspecified atom stereocenters. The summed E-state index contributed by atoms with van der Waals surface area (Å²) in [7, 11) is 1.60. The van der Waals surface area contributed by atoms with Gasteiger partial charge in [0.15, 0.2) is 0 Å². The van der Waals surface area contributed by atoms with Gasteiger partial charge in [0.1, 0.15) is 0 Å². The van der Waals surface area contributed by atoms with Gasteiger partial charge in [0.2, 0.25) is 5.91 Å². The van der Waals surface area contributed by atoms with Crippen molar-refractivity contribution in [2.24, 2.45) is 0 Å². The molecule has 0 aliphatic carbocycles. The van der Waals surface area contributed by atoms with Crippen molar-refractivity contribution in [3.8, 4) is 0 Å². The first-order valence-electron chi connectivity index (χ1n) is 7.50. The normalized spacial score (nSPS) is 15.8. The highest BCUT2D eigenvalue weighted by molar-refractivity contribution is 8.01. The molecular formula is C18H18N2O2S. The van der Waals surface area contributed by atoms with Gasteiger partial charge in [-0.25, -0.2) is 0 Å². The van der Waals surface area contributed by atoms with Crippen molar-refractivity contribution in [3.63, 3.8) is 0 Å².